The van der Waals surface area contributed by atoms with E-state index in [0.717, 1.165) is 30.0 Å². The lowest BCUT2D eigenvalue weighted by atomic mass is 10.1. The molecule has 1 heterocycles. The quantitative estimate of drug-likeness (QED) is 0.815. The van der Waals surface area contributed by atoms with Gasteiger partial charge in [0.1, 0.15) is 10.7 Å². The Labute approximate surface area is 112 Å². The predicted octanol–water partition coefficient (Wildman–Crippen LogP) is 1.92. The number of hydrogen-bond donors (Lipinski definition) is 2. The van der Waals surface area contributed by atoms with Gasteiger partial charge in [-0.25, -0.2) is 0 Å². The van der Waals surface area contributed by atoms with Gasteiger partial charge in [-0.3, -0.25) is 0 Å². The third-order valence-corrected chi connectivity index (χ3v) is 3.43. The molecule has 2 rings (SSSR count). The van der Waals surface area contributed by atoms with Crippen molar-refractivity contribution in [1.82, 2.24) is 0 Å². The van der Waals surface area contributed by atoms with Crippen molar-refractivity contribution < 1.29 is 9.47 Å². The van der Waals surface area contributed by atoms with E-state index in [1.54, 1.807) is 7.11 Å². The molecule has 1 fully saturated rings. The van der Waals surface area contributed by atoms with Gasteiger partial charge in [0.05, 0.1) is 19.3 Å². The van der Waals surface area contributed by atoms with Crippen LogP contribution in [0.3, 0.4) is 0 Å². The number of nitrogens with two attached hydrogens (primary N) is 1. The first-order chi connectivity index (χ1) is 8.61. The molecule has 4 nitrogen and oxygen atoms in total. The minimum Gasteiger partial charge on any atom is -0.497 e. The molecule has 0 bridgehead atoms. The van der Waals surface area contributed by atoms with Crippen LogP contribution in [0.4, 0.5) is 5.69 Å². The molecule has 0 radical (unpaired) electrons. The number of anilines is 1. The zero-order valence-corrected chi connectivity index (χ0v) is 11.4. The number of ether oxygens (including phenoxy) is 2. The predicted molar refractivity (Wildman–Crippen MR) is 76.3 cm³/mol. The van der Waals surface area contributed by atoms with Gasteiger partial charge in [-0.05, 0) is 25.5 Å². The van der Waals surface area contributed by atoms with Gasteiger partial charge in [-0.15, -0.1) is 0 Å². The third-order valence-electron chi connectivity index (χ3n) is 3.21. The maximum Gasteiger partial charge on any atom is 0.120 e. The molecule has 2 atom stereocenters. The molecule has 18 heavy (non-hydrogen) atoms. The van der Waals surface area contributed by atoms with E-state index in [1.165, 1.54) is 0 Å². The summed E-state index contributed by atoms with van der Waals surface area (Å²) in [5, 5.41) is 3.44. The van der Waals surface area contributed by atoms with Crippen molar-refractivity contribution in [2.24, 2.45) is 5.73 Å². The van der Waals surface area contributed by atoms with Crippen molar-refractivity contribution in [3.8, 4) is 5.75 Å². The minimum absolute atomic E-state index is 0.190. The second kappa shape index (κ2) is 5.54. The summed E-state index contributed by atoms with van der Waals surface area (Å²) in [5.74, 6) is 0.782. The fourth-order valence-corrected chi connectivity index (χ4v) is 2.28. The number of hydrogen-bond acceptors (Lipinski definition) is 4. The molecule has 0 aliphatic carbocycles. The maximum absolute atomic E-state index is 5.73. The van der Waals surface area contributed by atoms with Crippen molar-refractivity contribution in [2.45, 2.75) is 25.5 Å². The van der Waals surface area contributed by atoms with Crippen LogP contribution in [-0.2, 0) is 4.74 Å². The molecular weight excluding hydrogens is 248 g/mol. The van der Waals surface area contributed by atoms with Crippen LogP contribution in [0.1, 0.15) is 18.9 Å². The molecule has 1 aromatic rings. The van der Waals surface area contributed by atoms with Crippen molar-refractivity contribution >= 4 is 22.9 Å². The first-order valence-electron chi connectivity index (χ1n) is 5.98. The zero-order valence-electron chi connectivity index (χ0n) is 10.6. The second-order valence-corrected chi connectivity index (χ2v) is 4.83. The molecule has 0 saturated carbocycles. The van der Waals surface area contributed by atoms with E-state index < -0.39 is 0 Å². The Morgan fingerprint density at radius 3 is 2.89 bits per heavy atom. The molecule has 2 unspecified atom stereocenters. The maximum atomic E-state index is 5.73. The van der Waals surface area contributed by atoms with Crippen LogP contribution < -0.4 is 15.8 Å². The number of methoxy groups -OCH3 is 1. The highest BCUT2D eigenvalue weighted by atomic mass is 32.1. The molecule has 1 aliphatic heterocycles. The molecule has 1 aliphatic rings. The summed E-state index contributed by atoms with van der Waals surface area (Å²) in [5.41, 5.74) is 7.48. The molecule has 3 N–H and O–H groups in total. The van der Waals surface area contributed by atoms with E-state index in [2.05, 4.69) is 12.2 Å². The molecular formula is C13H18N2O2S. The lowest BCUT2D eigenvalue weighted by Gasteiger charge is -2.20. The first kappa shape index (κ1) is 13.1. The molecule has 1 saturated heterocycles. The monoisotopic (exact) mass is 266 g/mol. The average Bonchev–Trinajstić information content (AvgIpc) is 2.74. The molecule has 1 aromatic carbocycles. The molecule has 5 heteroatoms. The summed E-state index contributed by atoms with van der Waals surface area (Å²) in [6, 6.07) is 5.93. The topological polar surface area (TPSA) is 56.5 Å². The summed E-state index contributed by atoms with van der Waals surface area (Å²) in [6.45, 7) is 2.84. The van der Waals surface area contributed by atoms with Crippen molar-refractivity contribution in [1.29, 1.82) is 0 Å². The van der Waals surface area contributed by atoms with Crippen LogP contribution in [0, 0.1) is 0 Å². The van der Waals surface area contributed by atoms with E-state index in [4.69, 9.17) is 27.4 Å². The number of nitrogens with one attached hydrogen (secondary N) is 1. The Morgan fingerprint density at radius 2 is 2.33 bits per heavy atom. The Morgan fingerprint density at radius 1 is 1.56 bits per heavy atom. The smallest absolute Gasteiger partial charge is 0.120 e. The fourth-order valence-electron chi connectivity index (χ4n) is 2.11. The zero-order chi connectivity index (χ0) is 13.1. The van der Waals surface area contributed by atoms with Gasteiger partial charge in [0.2, 0.25) is 0 Å². The Balaban J connectivity index is 2.25. The van der Waals surface area contributed by atoms with Gasteiger partial charge in [-0.2, -0.15) is 0 Å². The average molecular weight is 266 g/mol. The van der Waals surface area contributed by atoms with Gasteiger partial charge >= 0.3 is 0 Å². The fraction of sp³-hybridized carbons (Fsp3) is 0.462. The van der Waals surface area contributed by atoms with Crippen LogP contribution in [-0.4, -0.2) is 30.9 Å². The molecule has 0 spiro atoms. The number of rotatable bonds is 4. The lowest BCUT2D eigenvalue weighted by molar-refractivity contribution is 0.121. The molecule has 0 amide bonds. The largest absolute Gasteiger partial charge is 0.497 e. The Hall–Kier alpha value is -1.33. The Bertz CT molecular complexity index is 451. The normalized spacial score (nSPS) is 22.8. The van der Waals surface area contributed by atoms with Crippen LogP contribution >= 0.6 is 12.2 Å². The molecule has 98 valence electrons. The van der Waals surface area contributed by atoms with Crippen molar-refractivity contribution in [2.75, 3.05) is 19.0 Å². The van der Waals surface area contributed by atoms with E-state index in [1.807, 2.05) is 18.2 Å². The van der Waals surface area contributed by atoms with E-state index >= 15 is 0 Å². The summed E-state index contributed by atoms with van der Waals surface area (Å²) in [7, 11) is 1.64. The third kappa shape index (κ3) is 2.73. The van der Waals surface area contributed by atoms with Crippen LogP contribution in [0.2, 0.25) is 0 Å². The highest BCUT2D eigenvalue weighted by Crippen LogP contribution is 2.26. The van der Waals surface area contributed by atoms with E-state index in [9.17, 15) is 0 Å². The number of thiocarbonyl (C=S) groups is 1. The van der Waals surface area contributed by atoms with E-state index in [-0.39, 0.29) is 12.1 Å². The van der Waals surface area contributed by atoms with Crippen LogP contribution in [0.25, 0.3) is 0 Å². The first-order valence-corrected chi connectivity index (χ1v) is 6.38. The van der Waals surface area contributed by atoms with Crippen LogP contribution in [0.5, 0.6) is 5.75 Å². The number of benzene rings is 1. The van der Waals surface area contributed by atoms with Gasteiger partial charge < -0.3 is 20.5 Å². The lowest BCUT2D eigenvalue weighted by Crippen LogP contribution is -2.28. The highest BCUT2D eigenvalue weighted by molar-refractivity contribution is 7.80. The highest BCUT2D eigenvalue weighted by Gasteiger charge is 2.24. The molecule has 0 aromatic heterocycles. The van der Waals surface area contributed by atoms with Gasteiger partial charge in [0.25, 0.3) is 0 Å². The summed E-state index contributed by atoms with van der Waals surface area (Å²) < 4.78 is 10.8. The van der Waals surface area contributed by atoms with Crippen molar-refractivity contribution in [3.05, 3.63) is 23.8 Å². The summed E-state index contributed by atoms with van der Waals surface area (Å²) >= 11 is 5.07. The summed E-state index contributed by atoms with van der Waals surface area (Å²) in [6.07, 6.45) is 1.17. The SMILES string of the molecule is COc1ccc(C(N)=S)c(NC2CCOC2C)c1. The van der Waals surface area contributed by atoms with Gasteiger partial charge in [0.15, 0.2) is 0 Å². The van der Waals surface area contributed by atoms with Crippen LogP contribution in [0.15, 0.2) is 18.2 Å². The second-order valence-electron chi connectivity index (χ2n) is 4.39. The minimum atomic E-state index is 0.190. The van der Waals surface area contributed by atoms with E-state index in [0.29, 0.717) is 4.99 Å². The standard InChI is InChI=1S/C13H18N2O2S/c1-8-11(5-6-17-8)15-12-7-9(16-2)3-4-10(12)13(14)18/h3-4,7-8,11,15H,5-6H2,1-2H3,(H2,14,18). The summed E-state index contributed by atoms with van der Waals surface area (Å²) in [4.78, 5) is 0.381. The Kier molecular flexibility index (Phi) is 4.04. The van der Waals surface area contributed by atoms with Gasteiger partial charge in [0, 0.05) is 23.9 Å². The van der Waals surface area contributed by atoms with Gasteiger partial charge in [-0.1, -0.05) is 12.2 Å². The van der Waals surface area contributed by atoms with Crippen molar-refractivity contribution in [3.63, 3.8) is 0 Å².